The highest BCUT2D eigenvalue weighted by atomic mass is 32.2. The molecule has 0 aliphatic heterocycles. The topological polar surface area (TPSA) is 94.8 Å². The summed E-state index contributed by atoms with van der Waals surface area (Å²) in [5, 5.41) is 20.5. The summed E-state index contributed by atoms with van der Waals surface area (Å²) in [6, 6.07) is 29.2. The Morgan fingerprint density at radius 2 is 1.30 bits per heavy atom. The van der Waals surface area contributed by atoms with Gasteiger partial charge < -0.3 is 10.2 Å². The quantitative estimate of drug-likeness (QED) is 0.219. The number of benzene rings is 4. The second kappa shape index (κ2) is 10.4. The molecule has 0 spiro atoms. The maximum absolute atomic E-state index is 12.7. The molecule has 0 aliphatic rings. The van der Waals surface area contributed by atoms with Gasteiger partial charge in [-0.3, -0.25) is 4.55 Å². The van der Waals surface area contributed by atoms with E-state index in [1.807, 2.05) is 62.4 Å². The third-order valence-corrected chi connectivity index (χ3v) is 8.02. The van der Waals surface area contributed by atoms with Gasteiger partial charge in [0.05, 0.1) is 0 Å². The van der Waals surface area contributed by atoms with Crippen LogP contribution in [0, 0.1) is 0 Å². The summed E-state index contributed by atoms with van der Waals surface area (Å²) < 4.78 is 35.7. The fraction of sp³-hybridized carbons (Fsp3) is 0.226. The smallest absolute Gasteiger partial charge is 0.294 e. The molecule has 0 saturated heterocycles. The minimum Gasteiger partial charge on any atom is -0.508 e. The van der Waals surface area contributed by atoms with Crippen LogP contribution in [0.1, 0.15) is 66.8 Å². The van der Waals surface area contributed by atoms with E-state index in [9.17, 15) is 23.2 Å². The molecule has 192 valence electrons. The first-order valence-electron chi connectivity index (χ1n) is 12.2. The lowest BCUT2D eigenvalue weighted by Gasteiger charge is -2.34. The molecule has 5 nitrogen and oxygen atoms in total. The van der Waals surface area contributed by atoms with Crippen molar-refractivity contribution in [2.24, 2.45) is 0 Å². The largest absolute Gasteiger partial charge is 0.508 e. The number of rotatable bonds is 8. The van der Waals surface area contributed by atoms with Crippen LogP contribution in [-0.4, -0.2) is 23.2 Å². The zero-order valence-electron chi connectivity index (χ0n) is 21.2. The summed E-state index contributed by atoms with van der Waals surface area (Å²) in [5.74, 6) is -0.302. The molecule has 0 fully saturated rings. The molecular formula is C31H32O5S. The van der Waals surface area contributed by atoms with Gasteiger partial charge in [0.2, 0.25) is 0 Å². The van der Waals surface area contributed by atoms with Crippen molar-refractivity contribution in [2.75, 3.05) is 0 Å². The molecule has 0 amide bonds. The monoisotopic (exact) mass is 516 g/mol. The van der Waals surface area contributed by atoms with Crippen molar-refractivity contribution in [1.29, 1.82) is 0 Å². The van der Waals surface area contributed by atoms with Crippen molar-refractivity contribution in [2.45, 2.75) is 49.3 Å². The van der Waals surface area contributed by atoms with Gasteiger partial charge in [0.1, 0.15) is 16.4 Å². The highest BCUT2D eigenvalue weighted by Crippen LogP contribution is 2.46. The van der Waals surface area contributed by atoms with Crippen LogP contribution >= 0.6 is 0 Å². The second-order valence-electron chi connectivity index (χ2n) is 10.1. The maximum atomic E-state index is 12.7. The molecule has 4 aromatic carbocycles. The highest BCUT2D eigenvalue weighted by Gasteiger charge is 2.36. The van der Waals surface area contributed by atoms with Gasteiger partial charge in [-0.05, 0) is 58.4 Å². The lowest BCUT2D eigenvalue weighted by Crippen LogP contribution is -2.26. The van der Waals surface area contributed by atoms with E-state index in [4.69, 9.17) is 0 Å². The number of phenolic OH excluding ortho intramolecular Hbond substituents is 2. The van der Waals surface area contributed by atoms with E-state index in [0.29, 0.717) is 17.5 Å². The van der Waals surface area contributed by atoms with Crippen LogP contribution in [0.15, 0.2) is 102 Å². The zero-order valence-corrected chi connectivity index (χ0v) is 22.0. The summed E-state index contributed by atoms with van der Waals surface area (Å²) in [6.07, 6.45) is 0.640. The molecule has 3 N–H and O–H groups in total. The molecule has 4 rings (SSSR count). The van der Waals surface area contributed by atoms with Gasteiger partial charge in [-0.2, -0.15) is 8.42 Å². The van der Waals surface area contributed by atoms with Crippen LogP contribution in [0.25, 0.3) is 0 Å². The standard InChI is InChI=1S/C31H32O5S/c1-21(22-10-6-4-7-11-22)18-27(23-12-8-5-9-13-23)28-19-26(33)20-29(37(34,35)36)30(28)31(2,3)24-14-16-25(32)17-15-24/h4-17,19-21,27,32-33H,18H2,1-3H3,(H,34,35,36). The van der Waals surface area contributed by atoms with Crippen molar-refractivity contribution in [3.8, 4) is 11.5 Å². The maximum Gasteiger partial charge on any atom is 0.294 e. The molecule has 0 bridgehead atoms. The van der Waals surface area contributed by atoms with E-state index < -0.39 is 15.5 Å². The lowest BCUT2D eigenvalue weighted by atomic mass is 9.71. The molecule has 0 saturated carbocycles. The lowest BCUT2D eigenvalue weighted by molar-refractivity contribution is 0.457. The van der Waals surface area contributed by atoms with Crippen LogP contribution in [0.3, 0.4) is 0 Å². The Morgan fingerprint density at radius 3 is 1.84 bits per heavy atom. The molecule has 0 radical (unpaired) electrons. The van der Waals surface area contributed by atoms with Gasteiger partial charge in [0, 0.05) is 17.4 Å². The molecule has 6 heteroatoms. The number of hydrogen-bond acceptors (Lipinski definition) is 4. The van der Waals surface area contributed by atoms with Gasteiger partial charge in [-0.15, -0.1) is 0 Å². The highest BCUT2D eigenvalue weighted by molar-refractivity contribution is 7.85. The summed E-state index contributed by atoms with van der Waals surface area (Å²) in [5.41, 5.74) is 3.01. The van der Waals surface area contributed by atoms with Crippen molar-refractivity contribution < 1.29 is 23.2 Å². The number of hydrogen-bond donors (Lipinski definition) is 3. The first kappa shape index (κ1) is 26.5. The third-order valence-electron chi connectivity index (χ3n) is 7.14. The van der Waals surface area contributed by atoms with Crippen LogP contribution < -0.4 is 0 Å². The molecule has 0 aliphatic carbocycles. The van der Waals surface area contributed by atoms with Gasteiger partial charge in [0.25, 0.3) is 10.1 Å². The molecule has 37 heavy (non-hydrogen) atoms. The zero-order chi connectivity index (χ0) is 26.8. The molecular weight excluding hydrogens is 484 g/mol. The Labute approximate surface area is 218 Å². The Hall–Kier alpha value is -3.61. The average molecular weight is 517 g/mol. The van der Waals surface area contributed by atoms with E-state index in [0.717, 1.165) is 22.8 Å². The average Bonchev–Trinajstić information content (AvgIpc) is 2.87. The normalized spacial score (nSPS) is 13.7. The van der Waals surface area contributed by atoms with Crippen molar-refractivity contribution in [1.82, 2.24) is 0 Å². The Bertz CT molecular complexity index is 1460. The first-order valence-corrected chi connectivity index (χ1v) is 13.7. The SMILES string of the molecule is CC(CC(c1ccccc1)c1cc(O)cc(S(=O)(=O)O)c1C(C)(C)c1ccc(O)cc1)c1ccccc1. The van der Waals surface area contributed by atoms with E-state index in [1.165, 1.54) is 0 Å². The summed E-state index contributed by atoms with van der Waals surface area (Å²) in [6.45, 7) is 5.89. The number of phenols is 2. The summed E-state index contributed by atoms with van der Waals surface area (Å²) in [7, 11) is -4.68. The second-order valence-corrected chi connectivity index (χ2v) is 11.5. The van der Waals surface area contributed by atoms with E-state index in [1.54, 1.807) is 30.3 Å². The fourth-order valence-electron chi connectivity index (χ4n) is 5.19. The van der Waals surface area contributed by atoms with E-state index >= 15 is 0 Å². The van der Waals surface area contributed by atoms with Gasteiger partial charge in [0.15, 0.2) is 0 Å². The number of aromatic hydroxyl groups is 2. The van der Waals surface area contributed by atoms with E-state index in [-0.39, 0.29) is 28.2 Å². The van der Waals surface area contributed by atoms with Crippen LogP contribution in [0.5, 0.6) is 11.5 Å². The predicted octanol–water partition coefficient (Wildman–Crippen LogP) is 7.00. The van der Waals surface area contributed by atoms with Crippen LogP contribution in [-0.2, 0) is 15.5 Å². The van der Waals surface area contributed by atoms with Crippen molar-refractivity contribution >= 4 is 10.1 Å². The Kier molecular flexibility index (Phi) is 7.44. The minimum absolute atomic E-state index is 0.0966. The summed E-state index contributed by atoms with van der Waals surface area (Å²) >= 11 is 0. The molecule has 4 aromatic rings. The fourth-order valence-corrected chi connectivity index (χ4v) is 6.09. The minimum atomic E-state index is -4.68. The molecule has 2 unspecified atom stereocenters. The Morgan fingerprint density at radius 1 is 0.757 bits per heavy atom. The van der Waals surface area contributed by atoms with E-state index in [2.05, 4.69) is 19.1 Å². The van der Waals surface area contributed by atoms with Gasteiger partial charge in [-0.25, -0.2) is 0 Å². The third kappa shape index (κ3) is 5.71. The predicted molar refractivity (Wildman–Crippen MR) is 146 cm³/mol. The van der Waals surface area contributed by atoms with Crippen LogP contribution in [0.4, 0.5) is 0 Å². The Balaban J connectivity index is 2.00. The van der Waals surface area contributed by atoms with Gasteiger partial charge in [-0.1, -0.05) is 93.6 Å². The van der Waals surface area contributed by atoms with Crippen LogP contribution in [0.2, 0.25) is 0 Å². The van der Waals surface area contributed by atoms with Crippen molar-refractivity contribution in [3.63, 3.8) is 0 Å². The molecule has 0 heterocycles. The molecule has 0 aromatic heterocycles. The first-order chi connectivity index (χ1) is 17.5. The molecule has 2 atom stereocenters. The summed E-state index contributed by atoms with van der Waals surface area (Å²) in [4.78, 5) is -0.325. The van der Waals surface area contributed by atoms with Crippen molar-refractivity contribution in [3.05, 3.63) is 125 Å². The van der Waals surface area contributed by atoms with Gasteiger partial charge >= 0.3 is 0 Å².